The van der Waals surface area contributed by atoms with Crippen LogP contribution in [0.5, 0.6) is 11.5 Å². The lowest BCUT2D eigenvalue weighted by Crippen LogP contribution is -2.48. The van der Waals surface area contributed by atoms with Gasteiger partial charge in [0.25, 0.3) is 0 Å². The van der Waals surface area contributed by atoms with Crippen molar-refractivity contribution in [3.63, 3.8) is 0 Å². The van der Waals surface area contributed by atoms with Crippen LogP contribution in [0.4, 0.5) is 4.79 Å². The molecule has 1 aliphatic carbocycles. The van der Waals surface area contributed by atoms with E-state index in [2.05, 4.69) is 15.3 Å². The molecular formula is C33H38ClN5O7. The first-order valence-corrected chi connectivity index (χ1v) is 15.4. The molecule has 46 heavy (non-hydrogen) atoms. The summed E-state index contributed by atoms with van der Waals surface area (Å²) >= 11 is 6.00. The minimum atomic E-state index is -0.884. The average molecular weight is 652 g/mol. The van der Waals surface area contributed by atoms with Crippen molar-refractivity contribution in [3.8, 4) is 28.6 Å². The Morgan fingerprint density at radius 2 is 1.83 bits per heavy atom. The van der Waals surface area contributed by atoms with Gasteiger partial charge in [-0.3, -0.25) is 9.55 Å². The van der Waals surface area contributed by atoms with Crippen molar-refractivity contribution < 1.29 is 28.5 Å². The number of halogens is 1. The SMILES string of the molecule is COc1cc(-n2cnc3ccc(-c4ccc(Cl)cn4)n3c2=O)ccc1OC[C@@H](OC(=O)C(NC(=O)OC(C)(C)C)C(C)C)C1CC1. The first-order chi connectivity index (χ1) is 21.8. The van der Waals surface area contributed by atoms with Crippen LogP contribution in [0, 0.1) is 11.8 Å². The predicted octanol–water partition coefficient (Wildman–Crippen LogP) is 5.46. The molecule has 0 spiro atoms. The highest BCUT2D eigenvalue weighted by atomic mass is 35.5. The van der Waals surface area contributed by atoms with Crippen molar-refractivity contribution >= 4 is 29.3 Å². The van der Waals surface area contributed by atoms with Gasteiger partial charge in [0.15, 0.2) is 11.5 Å². The number of alkyl carbamates (subject to hydrolysis) is 1. The number of amides is 1. The third kappa shape index (κ3) is 7.61. The van der Waals surface area contributed by atoms with Crippen molar-refractivity contribution in [1.29, 1.82) is 0 Å². The van der Waals surface area contributed by atoms with Crippen LogP contribution in [0.1, 0.15) is 47.5 Å². The van der Waals surface area contributed by atoms with Crippen LogP contribution in [0.3, 0.4) is 0 Å². The van der Waals surface area contributed by atoms with Crippen LogP contribution >= 0.6 is 11.6 Å². The number of fused-ring (bicyclic) bond motifs is 1. The molecular weight excluding hydrogens is 614 g/mol. The van der Waals surface area contributed by atoms with E-state index in [0.717, 1.165) is 12.8 Å². The van der Waals surface area contributed by atoms with Gasteiger partial charge >= 0.3 is 17.8 Å². The maximum Gasteiger partial charge on any atom is 0.408 e. The molecule has 1 saturated carbocycles. The second-order valence-corrected chi connectivity index (χ2v) is 12.9. The largest absolute Gasteiger partial charge is 0.493 e. The molecule has 13 heteroatoms. The normalized spacial score (nSPS) is 14.5. The van der Waals surface area contributed by atoms with Crippen LogP contribution in [0.2, 0.25) is 5.02 Å². The lowest BCUT2D eigenvalue weighted by Gasteiger charge is -2.26. The zero-order chi connectivity index (χ0) is 33.2. The Labute approximate surface area is 271 Å². The fourth-order valence-electron chi connectivity index (χ4n) is 4.89. The number of carbonyl (C=O) groups is 2. The predicted molar refractivity (Wildman–Crippen MR) is 172 cm³/mol. The number of rotatable bonds is 11. The Kier molecular flexibility index (Phi) is 9.57. The molecule has 0 bridgehead atoms. The van der Waals surface area contributed by atoms with Gasteiger partial charge in [0.2, 0.25) is 0 Å². The molecule has 4 aromatic rings. The summed E-state index contributed by atoms with van der Waals surface area (Å²) in [6.45, 7) is 8.98. The van der Waals surface area contributed by atoms with Gasteiger partial charge in [-0.05, 0) is 81.8 Å². The topological polar surface area (TPSA) is 135 Å². The van der Waals surface area contributed by atoms with Crippen LogP contribution < -0.4 is 20.5 Å². The fraction of sp³-hybridized carbons (Fsp3) is 0.424. The molecule has 2 atom stereocenters. The van der Waals surface area contributed by atoms with Crippen molar-refractivity contribution in [3.05, 3.63) is 70.5 Å². The van der Waals surface area contributed by atoms with Gasteiger partial charge in [-0.25, -0.2) is 23.8 Å². The zero-order valence-corrected chi connectivity index (χ0v) is 27.4. The number of methoxy groups -OCH3 is 1. The number of aromatic nitrogens is 4. The molecule has 0 radical (unpaired) electrons. The van der Waals surface area contributed by atoms with Crippen LogP contribution in [0.15, 0.2) is 59.8 Å². The molecule has 1 aliphatic rings. The summed E-state index contributed by atoms with van der Waals surface area (Å²) in [4.78, 5) is 48.0. The van der Waals surface area contributed by atoms with Crippen LogP contribution in [-0.4, -0.2) is 62.5 Å². The second-order valence-electron chi connectivity index (χ2n) is 12.5. The van der Waals surface area contributed by atoms with E-state index in [9.17, 15) is 14.4 Å². The summed E-state index contributed by atoms with van der Waals surface area (Å²) in [5, 5.41) is 3.13. The summed E-state index contributed by atoms with van der Waals surface area (Å²) in [5.41, 5.74) is 1.08. The number of hydrogen-bond acceptors (Lipinski definition) is 9. The maximum absolute atomic E-state index is 13.7. The second kappa shape index (κ2) is 13.4. The molecule has 0 aliphatic heterocycles. The Morgan fingerprint density at radius 3 is 2.46 bits per heavy atom. The molecule has 1 N–H and O–H groups in total. The van der Waals surface area contributed by atoms with Gasteiger partial charge in [-0.15, -0.1) is 0 Å². The fourth-order valence-corrected chi connectivity index (χ4v) is 5.00. The van der Waals surface area contributed by atoms with Gasteiger partial charge in [0.1, 0.15) is 36.3 Å². The molecule has 244 valence electrons. The number of hydrogen-bond donors (Lipinski definition) is 1. The highest BCUT2D eigenvalue weighted by Gasteiger charge is 2.38. The van der Waals surface area contributed by atoms with E-state index >= 15 is 0 Å². The minimum absolute atomic E-state index is 0.0810. The lowest BCUT2D eigenvalue weighted by atomic mass is 10.0. The third-order valence-electron chi connectivity index (χ3n) is 7.39. The Hall–Kier alpha value is -4.58. The van der Waals surface area contributed by atoms with E-state index in [-0.39, 0.29) is 24.1 Å². The van der Waals surface area contributed by atoms with E-state index < -0.39 is 29.8 Å². The van der Waals surface area contributed by atoms with Gasteiger partial charge in [-0.2, -0.15) is 0 Å². The van der Waals surface area contributed by atoms with Gasteiger partial charge < -0.3 is 24.3 Å². The Morgan fingerprint density at radius 1 is 1.07 bits per heavy atom. The molecule has 1 unspecified atom stereocenters. The molecule has 1 amide bonds. The van der Waals surface area contributed by atoms with Crippen LogP contribution in [-0.2, 0) is 14.3 Å². The smallest absolute Gasteiger partial charge is 0.408 e. The molecule has 3 heterocycles. The van der Waals surface area contributed by atoms with Crippen molar-refractivity contribution in [2.24, 2.45) is 11.8 Å². The molecule has 5 rings (SSSR count). The monoisotopic (exact) mass is 651 g/mol. The summed E-state index contributed by atoms with van der Waals surface area (Å²) in [5.74, 6) is 0.157. The van der Waals surface area contributed by atoms with E-state index in [4.69, 9.17) is 30.5 Å². The van der Waals surface area contributed by atoms with E-state index in [1.165, 1.54) is 28.6 Å². The van der Waals surface area contributed by atoms with Gasteiger partial charge in [0, 0.05) is 12.3 Å². The number of esters is 1. The Bertz CT molecular complexity index is 1770. The number of pyridine rings is 1. The molecule has 12 nitrogen and oxygen atoms in total. The Balaban J connectivity index is 1.32. The summed E-state index contributed by atoms with van der Waals surface area (Å²) in [6, 6.07) is 11.2. The highest BCUT2D eigenvalue weighted by molar-refractivity contribution is 6.30. The first kappa shape index (κ1) is 32.8. The van der Waals surface area contributed by atoms with E-state index in [1.54, 1.807) is 63.2 Å². The molecule has 3 aromatic heterocycles. The molecule has 1 aromatic carbocycles. The molecule has 1 fully saturated rings. The summed E-state index contributed by atoms with van der Waals surface area (Å²) in [6.07, 6.45) is 3.55. The summed E-state index contributed by atoms with van der Waals surface area (Å²) < 4.78 is 25.8. The standard InChI is InChI=1S/C33H38ClN5O7/c1-19(2)29(37-31(41)46-33(3,4)5)30(40)45-27(20-7-8-20)17-44-25-13-10-22(15-26(25)43-6)38-18-36-28-14-12-24(39(28)32(38)42)23-11-9-21(34)16-35-23/h9-16,18-20,27,29H,7-8,17H2,1-6H3,(H,37,41)/t27-,29?/m1/s1. The minimum Gasteiger partial charge on any atom is -0.493 e. The number of carbonyl (C=O) groups excluding carboxylic acids is 2. The van der Waals surface area contributed by atoms with Gasteiger partial charge in [0.05, 0.1) is 29.2 Å². The van der Waals surface area contributed by atoms with Crippen molar-refractivity contribution in [1.82, 2.24) is 24.3 Å². The average Bonchev–Trinajstić information content (AvgIpc) is 3.76. The quantitative estimate of drug-likeness (QED) is 0.210. The molecule has 0 saturated heterocycles. The van der Waals surface area contributed by atoms with E-state index in [0.29, 0.717) is 39.2 Å². The van der Waals surface area contributed by atoms with Gasteiger partial charge in [-0.1, -0.05) is 25.4 Å². The summed E-state index contributed by atoms with van der Waals surface area (Å²) in [7, 11) is 1.50. The third-order valence-corrected chi connectivity index (χ3v) is 7.61. The number of nitrogens with zero attached hydrogens (tertiary/aromatic N) is 4. The van der Waals surface area contributed by atoms with Crippen molar-refractivity contribution in [2.45, 2.75) is 65.2 Å². The van der Waals surface area contributed by atoms with E-state index in [1.807, 2.05) is 13.8 Å². The zero-order valence-electron chi connectivity index (χ0n) is 26.7. The number of nitrogens with one attached hydrogen (secondary N) is 1. The highest BCUT2D eigenvalue weighted by Crippen LogP contribution is 2.36. The number of benzene rings is 1. The lowest BCUT2D eigenvalue weighted by molar-refractivity contribution is -0.155. The first-order valence-electron chi connectivity index (χ1n) is 15.1. The van der Waals surface area contributed by atoms with Crippen LogP contribution in [0.25, 0.3) is 22.7 Å². The maximum atomic E-state index is 13.7. The van der Waals surface area contributed by atoms with Crippen molar-refractivity contribution in [2.75, 3.05) is 13.7 Å². The number of ether oxygens (including phenoxy) is 4.